The number of aromatic nitrogens is 1. The van der Waals surface area contributed by atoms with Gasteiger partial charge in [0, 0.05) is 5.56 Å². The van der Waals surface area contributed by atoms with Crippen molar-refractivity contribution in [1.82, 2.24) is 5.16 Å². The van der Waals surface area contributed by atoms with Crippen LogP contribution in [0.25, 0.3) is 0 Å². The fourth-order valence-electron chi connectivity index (χ4n) is 0.842. The maximum absolute atomic E-state index is 10.5. The maximum Gasteiger partial charge on any atom is 0.326 e. The molecule has 1 heterocycles. The number of nitrogens with two attached hydrogens (primary N) is 1. The average molecular weight is 170 g/mol. The number of carboxylic acids is 1. The van der Waals surface area contributed by atoms with Gasteiger partial charge in [-0.25, -0.2) is 0 Å². The summed E-state index contributed by atoms with van der Waals surface area (Å²) < 4.78 is 4.77. The van der Waals surface area contributed by atoms with Crippen LogP contribution >= 0.6 is 0 Å². The third-order valence-corrected chi connectivity index (χ3v) is 1.75. The Bertz CT molecular complexity index is 306. The fourth-order valence-corrected chi connectivity index (χ4v) is 0.842. The van der Waals surface area contributed by atoms with E-state index in [1.807, 2.05) is 0 Å². The molecule has 1 aromatic heterocycles. The molecule has 5 heteroatoms. The van der Waals surface area contributed by atoms with Gasteiger partial charge in [-0.1, -0.05) is 5.16 Å². The van der Waals surface area contributed by atoms with Gasteiger partial charge in [0.15, 0.2) is 0 Å². The number of hydrogen-bond acceptors (Lipinski definition) is 4. The molecule has 0 amide bonds. The number of aliphatic carboxylic acids is 1. The third kappa shape index (κ3) is 1.31. The Morgan fingerprint density at radius 2 is 2.25 bits per heavy atom. The lowest BCUT2D eigenvalue weighted by atomic mass is 10.1. The molecule has 0 fully saturated rings. The Balaban J connectivity index is 3.03. The second-order valence-electron chi connectivity index (χ2n) is 2.56. The van der Waals surface area contributed by atoms with E-state index in [4.69, 9.17) is 15.4 Å². The van der Waals surface area contributed by atoms with Crippen LogP contribution in [0.4, 0.5) is 0 Å². The predicted octanol–water partition coefficient (Wildman–Crippen LogP) is 0.376. The van der Waals surface area contributed by atoms with Gasteiger partial charge < -0.3 is 15.4 Å². The molecule has 0 radical (unpaired) electrons. The van der Waals surface area contributed by atoms with E-state index < -0.39 is 12.0 Å². The highest BCUT2D eigenvalue weighted by atomic mass is 16.5. The molecule has 0 aliphatic heterocycles. The average Bonchev–Trinajstić information content (AvgIpc) is 2.32. The first kappa shape index (κ1) is 8.73. The summed E-state index contributed by atoms with van der Waals surface area (Å²) in [5.41, 5.74) is 6.32. The van der Waals surface area contributed by atoms with Crippen LogP contribution in [0.15, 0.2) is 4.52 Å². The molecule has 66 valence electrons. The van der Waals surface area contributed by atoms with Crippen LogP contribution in [-0.2, 0) is 4.79 Å². The van der Waals surface area contributed by atoms with Gasteiger partial charge in [0.2, 0.25) is 0 Å². The van der Waals surface area contributed by atoms with Gasteiger partial charge in [-0.15, -0.1) is 0 Å². The fraction of sp³-hybridized carbons (Fsp3) is 0.429. The molecule has 5 nitrogen and oxygen atoms in total. The normalized spacial score (nSPS) is 12.9. The van der Waals surface area contributed by atoms with Crippen molar-refractivity contribution < 1.29 is 14.4 Å². The highest BCUT2D eigenvalue weighted by Crippen LogP contribution is 2.17. The van der Waals surface area contributed by atoms with Gasteiger partial charge in [0.25, 0.3) is 0 Å². The second-order valence-corrected chi connectivity index (χ2v) is 2.56. The van der Waals surface area contributed by atoms with Gasteiger partial charge in [-0.2, -0.15) is 0 Å². The second kappa shape index (κ2) is 2.94. The Morgan fingerprint density at radius 3 is 2.58 bits per heavy atom. The molecule has 1 unspecified atom stereocenters. The van der Waals surface area contributed by atoms with Crippen molar-refractivity contribution in [2.24, 2.45) is 5.73 Å². The summed E-state index contributed by atoms with van der Waals surface area (Å²) in [5, 5.41) is 12.1. The first-order valence-corrected chi connectivity index (χ1v) is 3.45. The van der Waals surface area contributed by atoms with E-state index in [0.29, 0.717) is 17.0 Å². The number of carbonyl (C=O) groups is 1. The highest BCUT2D eigenvalue weighted by molar-refractivity contribution is 5.75. The molecular weight excluding hydrogens is 160 g/mol. The van der Waals surface area contributed by atoms with Crippen LogP contribution in [0.1, 0.15) is 23.1 Å². The summed E-state index contributed by atoms with van der Waals surface area (Å²) in [6.45, 7) is 3.43. The predicted molar refractivity (Wildman–Crippen MR) is 40.5 cm³/mol. The van der Waals surface area contributed by atoms with E-state index in [1.54, 1.807) is 13.8 Å². The minimum atomic E-state index is -1.11. The molecule has 0 aliphatic carbocycles. The molecule has 0 saturated heterocycles. The molecule has 1 atom stereocenters. The lowest BCUT2D eigenvalue weighted by Crippen LogP contribution is -2.21. The molecule has 1 aromatic rings. The van der Waals surface area contributed by atoms with Crippen molar-refractivity contribution in [1.29, 1.82) is 0 Å². The van der Waals surface area contributed by atoms with Crippen LogP contribution in [0.5, 0.6) is 0 Å². The summed E-state index contributed by atoms with van der Waals surface area (Å²) in [5.74, 6) is -0.506. The van der Waals surface area contributed by atoms with E-state index in [9.17, 15) is 4.79 Å². The zero-order chi connectivity index (χ0) is 9.30. The molecule has 0 spiro atoms. The summed E-state index contributed by atoms with van der Waals surface area (Å²) in [6.07, 6.45) is 0. The van der Waals surface area contributed by atoms with Crippen molar-refractivity contribution in [2.75, 3.05) is 0 Å². The Morgan fingerprint density at radius 1 is 1.67 bits per heavy atom. The molecule has 0 saturated carbocycles. The lowest BCUT2D eigenvalue weighted by molar-refractivity contribution is -0.138. The van der Waals surface area contributed by atoms with Gasteiger partial charge in [-0.3, -0.25) is 4.79 Å². The smallest absolute Gasteiger partial charge is 0.326 e. The zero-order valence-corrected chi connectivity index (χ0v) is 6.87. The topological polar surface area (TPSA) is 89.4 Å². The van der Waals surface area contributed by atoms with Crippen molar-refractivity contribution in [3.63, 3.8) is 0 Å². The summed E-state index contributed by atoms with van der Waals surface area (Å²) >= 11 is 0. The first-order chi connectivity index (χ1) is 5.54. The zero-order valence-electron chi connectivity index (χ0n) is 6.87. The Labute approximate surface area is 69.2 Å². The monoisotopic (exact) mass is 170 g/mol. The van der Waals surface area contributed by atoms with Crippen LogP contribution in [-0.4, -0.2) is 16.2 Å². The Hall–Kier alpha value is -1.36. The maximum atomic E-state index is 10.5. The number of rotatable bonds is 2. The van der Waals surface area contributed by atoms with Crippen LogP contribution < -0.4 is 5.73 Å². The van der Waals surface area contributed by atoms with Gasteiger partial charge in [-0.05, 0) is 13.8 Å². The van der Waals surface area contributed by atoms with E-state index in [0.717, 1.165) is 0 Å². The molecule has 1 rings (SSSR count). The van der Waals surface area contributed by atoms with E-state index >= 15 is 0 Å². The van der Waals surface area contributed by atoms with Crippen molar-refractivity contribution in [3.8, 4) is 0 Å². The molecule has 12 heavy (non-hydrogen) atoms. The van der Waals surface area contributed by atoms with E-state index in [2.05, 4.69) is 5.16 Å². The SMILES string of the molecule is Cc1onc(C(N)C(=O)O)c1C. The van der Waals surface area contributed by atoms with Crippen LogP contribution in [0.2, 0.25) is 0 Å². The number of hydrogen-bond donors (Lipinski definition) is 2. The number of aryl methyl sites for hydroxylation is 1. The number of carboxylic acid groups (broad SMARTS) is 1. The molecule has 0 bridgehead atoms. The molecular formula is C7H10N2O3. The minimum Gasteiger partial charge on any atom is -0.480 e. The Kier molecular flexibility index (Phi) is 2.14. The van der Waals surface area contributed by atoms with Crippen LogP contribution in [0, 0.1) is 13.8 Å². The van der Waals surface area contributed by atoms with Crippen molar-refractivity contribution in [3.05, 3.63) is 17.0 Å². The minimum absolute atomic E-state index is 0.292. The lowest BCUT2D eigenvalue weighted by Gasteiger charge is -2.01. The molecule has 0 aromatic carbocycles. The van der Waals surface area contributed by atoms with Gasteiger partial charge in [0.1, 0.15) is 17.5 Å². The quantitative estimate of drug-likeness (QED) is 0.669. The largest absolute Gasteiger partial charge is 0.480 e. The van der Waals surface area contributed by atoms with Crippen LogP contribution in [0.3, 0.4) is 0 Å². The highest BCUT2D eigenvalue weighted by Gasteiger charge is 2.21. The van der Waals surface area contributed by atoms with Crippen molar-refractivity contribution in [2.45, 2.75) is 19.9 Å². The van der Waals surface area contributed by atoms with Crippen molar-refractivity contribution >= 4 is 5.97 Å². The van der Waals surface area contributed by atoms with Gasteiger partial charge in [0.05, 0.1) is 0 Å². The standard InChI is InChI=1S/C7H10N2O3/c1-3-4(2)12-9-6(3)5(8)7(10)11/h5H,8H2,1-2H3,(H,10,11). The van der Waals surface area contributed by atoms with E-state index in [-0.39, 0.29) is 0 Å². The van der Waals surface area contributed by atoms with Gasteiger partial charge >= 0.3 is 5.97 Å². The number of nitrogens with zero attached hydrogens (tertiary/aromatic N) is 1. The molecule has 0 aliphatic rings. The summed E-state index contributed by atoms with van der Waals surface area (Å²) in [7, 11) is 0. The third-order valence-electron chi connectivity index (χ3n) is 1.75. The first-order valence-electron chi connectivity index (χ1n) is 3.45. The summed E-state index contributed by atoms with van der Waals surface area (Å²) in [6, 6.07) is -1.09. The van der Waals surface area contributed by atoms with E-state index in [1.165, 1.54) is 0 Å². The summed E-state index contributed by atoms with van der Waals surface area (Å²) in [4.78, 5) is 10.5. The molecule has 3 N–H and O–H groups in total.